The molecule has 6 aromatic rings. The molecule has 8 heteroatoms. The standard InChI is InChI=1S/C34H26FN3O4/c1-40-32-17-26-29(18-33(32)41-21-24-10-6-3-7-11-24)37-15-14-30(26)42-31-13-12-25(16-28(31)35)27-19-36-22-38(34(27)39)20-23-8-4-2-5-9-23/h2-19,22H,20-21H2,1H3. The summed E-state index contributed by atoms with van der Waals surface area (Å²) in [4.78, 5) is 21.8. The Kier molecular flexibility index (Phi) is 7.59. The number of rotatable bonds is 9. The first-order valence-electron chi connectivity index (χ1n) is 13.3. The third-order valence-electron chi connectivity index (χ3n) is 6.78. The first-order chi connectivity index (χ1) is 20.6. The van der Waals surface area contributed by atoms with Gasteiger partial charge in [-0.2, -0.15) is 0 Å². The quantitative estimate of drug-likeness (QED) is 0.189. The summed E-state index contributed by atoms with van der Waals surface area (Å²) in [5.74, 6) is 0.804. The third-order valence-corrected chi connectivity index (χ3v) is 6.78. The van der Waals surface area contributed by atoms with Gasteiger partial charge < -0.3 is 14.2 Å². The average molecular weight is 560 g/mol. The number of hydrogen-bond donors (Lipinski definition) is 0. The summed E-state index contributed by atoms with van der Waals surface area (Å²) in [7, 11) is 1.55. The molecule has 0 N–H and O–H groups in total. The van der Waals surface area contributed by atoms with E-state index < -0.39 is 5.82 Å². The van der Waals surface area contributed by atoms with Gasteiger partial charge in [0.1, 0.15) is 12.4 Å². The molecule has 0 aliphatic heterocycles. The Labute approximate surface area is 241 Å². The molecule has 0 spiro atoms. The van der Waals surface area contributed by atoms with Crippen molar-refractivity contribution >= 4 is 10.9 Å². The van der Waals surface area contributed by atoms with Gasteiger partial charge in [0.2, 0.25) is 0 Å². The maximum Gasteiger partial charge on any atom is 0.261 e. The SMILES string of the molecule is COc1cc2c(Oc3ccc(-c4cncn(Cc5ccccc5)c4=O)cc3F)ccnc2cc1OCc1ccccc1. The molecule has 6 rings (SSSR count). The lowest BCUT2D eigenvalue weighted by molar-refractivity contribution is 0.285. The van der Waals surface area contributed by atoms with Crippen LogP contribution in [0.2, 0.25) is 0 Å². The van der Waals surface area contributed by atoms with E-state index in [4.69, 9.17) is 14.2 Å². The minimum absolute atomic E-state index is 0.00289. The molecule has 0 unspecified atom stereocenters. The van der Waals surface area contributed by atoms with Crippen molar-refractivity contribution in [2.45, 2.75) is 13.2 Å². The van der Waals surface area contributed by atoms with Crippen LogP contribution < -0.4 is 19.8 Å². The molecular formula is C34H26FN3O4. The van der Waals surface area contributed by atoms with Crippen molar-refractivity contribution in [2.24, 2.45) is 0 Å². The van der Waals surface area contributed by atoms with E-state index in [1.54, 1.807) is 37.6 Å². The molecule has 208 valence electrons. The molecule has 7 nitrogen and oxygen atoms in total. The number of pyridine rings is 1. The van der Waals surface area contributed by atoms with E-state index in [0.717, 1.165) is 11.1 Å². The lowest BCUT2D eigenvalue weighted by Crippen LogP contribution is -2.22. The molecule has 0 saturated carbocycles. The number of aromatic nitrogens is 3. The molecule has 0 fully saturated rings. The van der Waals surface area contributed by atoms with Crippen LogP contribution in [0.5, 0.6) is 23.0 Å². The van der Waals surface area contributed by atoms with Crippen LogP contribution in [0.3, 0.4) is 0 Å². The van der Waals surface area contributed by atoms with Crippen LogP contribution in [-0.2, 0) is 13.2 Å². The van der Waals surface area contributed by atoms with E-state index in [0.29, 0.717) is 52.4 Å². The molecule has 42 heavy (non-hydrogen) atoms. The Bertz CT molecular complexity index is 1910. The third kappa shape index (κ3) is 5.69. The topological polar surface area (TPSA) is 75.5 Å². The van der Waals surface area contributed by atoms with Crippen molar-refractivity contribution in [1.82, 2.24) is 14.5 Å². The number of fused-ring (bicyclic) bond motifs is 1. The zero-order chi connectivity index (χ0) is 28.9. The van der Waals surface area contributed by atoms with Gasteiger partial charge in [-0.25, -0.2) is 9.37 Å². The first-order valence-corrected chi connectivity index (χ1v) is 13.3. The number of halogens is 1. The van der Waals surface area contributed by atoms with Crippen LogP contribution in [0.15, 0.2) is 121 Å². The van der Waals surface area contributed by atoms with Crippen molar-refractivity contribution in [3.8, 4) is 34.1 Å². The predicted octanol–water partition coefficient (Wildman–Crippen LogP) is 7.03. The Morgan fingerprint density at radius 3 is 2.31 bits per heavy atom. The molecule has 2 heterocycles. The molecular weight excluding hydrogens is 533 g/mol. The van der Waals surface area contributed by atoms with E-state index >= 15 is 4.39 Å². The van der Waals surface area contributed by atoms with Gasteiger partial charge in [0, 0.05) is 23.8 Å². The molecule has 0 atom stereocenters. The van der Waals surface area contributed by atoms with E-state index in [1.165, 1.54) is 29.2 Å². The van der Waals surface area contributed by atoms with E-state index in [9.17, 15) is 4.79 Å². The number of hydrogen-bond acceptors (Lipinski definition) is 6. The Hall–Kier alpha value is -5.50. The smallest absolute Gasteiger partial charge is 0.261 e. The highest BCUT2D eigenvalue weighted by Crippen LogP contribution is 2.38. The lowest BCUT2D eigenvalue weighted by Gasteiger charge is -2.14. The van der Waals surface area contributed by atoms with Crippen molar-refractivity contribution in [3.05, 3.63) is 143 Å². The molecule has 0 radical (unpaired) electrons. The Morgan fingerprint density at radius 1 is 0.810 bits per heavy atom. The van der Waals surface area contributed by atoms with Gasteiger partial charge in [0.05, 0.1) is 31.1 Å². The fraction of sp³-hybridized carbons (Fsp3) is 0.0882. The summed E-state index contributed by atoms with van der Waals surface area (Å²) in [5, 5.41) is 0.626. The van der Waals surface area contributed by atoms with Crippen LogP contribution in [0.4, 0.5) is 4.39 Å². The van der Waals surface area contributed by atoms with Crippen LogP contribution >= 0.6 is 0 Å². The maximum atomic E-state index is 15.4. The molecule has 4 aromatic carbocycles. The van der Waals surface area contributed by atoms with Crippen LogP contribution in [-0.4, -0.2) is 21.6 Å². The molecule has 0 bridgehead atoms. The van der Waals surface area contributed by atoms with Gasteiger partial charge in [-0.15, -0.1) is 0 Å². The zero-order valence-corrected chi connectivity index (χ0v) is 22.7. The van der Waals surface area contributed by atoms with Gasteiger partial charge in [-0.1, -0.05) is 66.7 Å². The summed E-state index contributed by atoms with van der Waals surface area (Å²) < 4.78 is 34.4. The van der Waals surface area contributed by atoms with Crippen molar-refractivity contribution in [3.63, 3.8) is 0 Å². The highest BCUT2D eigenvalue weighted by Gasteiger charge is 2.15. The predicted molar refractivity (Wildman–Crippen MR) is 159 cm³/mol. The summed E-state index contributed by atoms with van der Waals surface area (Å²) in [6.45, 7) is 0.729. The molecule has 0 aliphatic carbocycles. The molecule has 0 aliphatic rings. The average Bonchev–Trinajstić information content (AvgIpc) is 3.03. The van der Waals surface area contributed by atoms with E-state index in [2.05, 4.69) is 9.97 Å². The fourth-order valence-electron chi connectivity index (χ4n) is 4.64. The van der Waals surface area contributed by atoms with Crippen LogP contribution in [0.1, 0.15) is 11.1 Å². The Balaban J connectivity index is 1.26. The minimum atomic E-state index is -0.620. The second kappa shape index (κ2) is 11.9. The van der Waals surface area contributed by atoms with Gasteiger partial charge in [-0.3, -0.25) is 14.3 Å². The van der Waals surface area contributed by atoms with Crippen molar-refractivity contribution < 1.29 is 18.6 Å². The minimum Gasteiger partial charge on any atom is -0.493 e. The van der Waals surface area contributed by atoms with E-state index in [1.807, 2.05) is 60.7 Å². The number of nitrogens with zero attached hydrogens (tertiary/aromatic N) is 3. The maximum absolute atomic E-state index is 15.4. The highest BCUT2D eigenvalue weighted by atomic mass is 19.1. The first kappa shape index (κ1) is 26.7. The number of ether oxygens (including phenoxy) is 3. The fourth-order valence-corrected chi connectivity index (χ4v) is 4.64. The number of benzene rings is 4. The molecule has 0 amide bonds. The lowest BCUT2D eigenvalue weighted by atomic mass is 10.1. The molecule has 0 saturated heterocycles. The van der Waals surface area contributed by atoms with Crippen LogP contribution in [0.25, 0.3) is 22.0 Å². The summed E-state index contributed by atoms with van der Waals surface area (Å²) in [6.07, 6.45) is 4.51. The van der Waals surface area contributed by atoms with Crippen LogP contribution in [0, 0.1) is 5.82 Å². The second-order valence-corrected chi connectivity index (χ2v) is 9.58. The number of methoxy groups -OCH3 is 1. The monoisotopic (exact) mass is 559 g/mol. The Morgan fingerprint density at radius 2 is 1.57 bits per heavy atom. The summed E-state index contributed by atoms with van der Waals surface area (Å²) >= 11 is 0. The highest BCUT2D eigenvalue weighted by molar-refractivity contribution is 5.88. The van der Waals surface area contributed by atoms with Crippen molar-refractivity contribution in [1.29, 1.82) is 0 Å². The van der Waals surface area contributed by atoms with Gasteiger partial charge in [-0.05, 0) is 41.0 Å². The summed E-state index contributed by atoms with van der Waals surface area (Å²) in [5.41, 5.74) is 3.01. The van der Waals surface area contributed by atoms with Gasteiger partial charge in [0.25, 0.3) is 5.56 Å². The zero-order valence-electron chi connectivity index (χ0n) is 22.7. The van der Waals surface area contributed by atoms with E-state index in [-0.39, 0.29) is 11.3 Å². The normalized spacial score (nSPS) is 10.9. The van der Waals surface area contributed by atoms with Crippen molar-refractivity contribution in [2.75, 3.05) is 7.11 Å². The second-order valence-electron chi connectivity index (χ2n) is 9.58. The molecule has 2 aromatic heterocycles. The largest absolute Gasteiger partial charge is 0.493 e. The van der Waals surface area contributed by atoms with Gasteiger partial charge in [0.15, 0.2) is 23.1 Å². The summed E-state index contributed by atoms with van der Waals surface area (Å²) in [6, 6.07) is 29.0. The van der Waals surface area contributed by atoms with Gasteiger partial charge >= 0.3 is 0 Å².